The Kier molecular flexibility index (Phi) is 3.68. The van der Waals surface area contributed by atoms with E-state index in [-0.39, 0.29) is 6.42 Å². The molecule has 0 aliphatic carbocycles. The lowest BCUT2D eigenvalue weighted by Crippen LogP contribution is -2.15. The van der Waals surface area contributed by atoms with Gasteiger partial charge < -0.3 is 5.73 Å². The molecule has 0 heterocycles. The van der Waals surface area contributed by atoms with Crippen LogP contribution < -0.4 is 5.73 Å². The largest absolute Gasteiger partial charge is 0.389 e. The molecule has 0 saturated carbocycles. The topological polar surface area (TPSA) is 26.0 Å². The van der Waals surface area contributed by atoms with E-state index in [0.29, 0.717) is 5.56 Å². The Morgan fingerprint density at radius 2 is 1.93 bits per heavy atom. The fourth-order valence-electron chi connectivity index (χ4n) is 1.22. The van der Waals surface area contributed by atoms with Crippen LogP contribution in [-0.4, -0.2) is 6.18 Å². The Labute approximate surface area is 84.9 Å². The summed E-state index contributed by atoms with van der Waals surface area (Å²) in [4.78, 5) is 0. The molecule has 0 radical (unpaired) electrons. The van der Waals surface area contributed by atoms with Gasteiger partial charge in [-0.2, -0.15) is 13.2 Å². The molecule has 0 aromatic heterocycles. The third kappa shape index (κ3) is 4.29. The van der Waals surface area contributed by atoms with Gasteiger partial charge in [-0.05, 0) is 24.1 Å². The molecule has 0 spiro atoms. The van der Waals surface area contributed by atoms with Crippen LogP contribution in [0.2, 0.25) is 0 Å². The Morgan fingerprint density at radius 3 is 2.47 bits per heavy atom. The average Bonchev–Trinajstić information content (AvgIpc) is 2.13. The highest BCUT2D eigenvalue weighted by atomic mass is 19.4. The van der Waals surface area contributed by atoms with Crippen LogP contribution in [-0.2, 0) is 0 Å². The molecule has 0 aliphatic rings. The first-order chi connectivity index (χ1) is 6.88. The molecule has 0 fully saturated rings. The van der Waals surface area contributed by atoms with Gasteiger partial charge in [-0.15, -0.1) is 0 Å². The Morgan fingerprint density at radius 1 is 1.27 bits per heavy atom. The van der Waals surface area contributed by atoms with E-state index in [4.69, 9.17) is 5.73 Å². The van der Waals surface area contributed by atoms with Gasteiger partial charge in [-0.1, -0.05) is 12.1 Å². The average molecular weight is 221 g/mol. The van der Waals surface area contributed by atoms with Crippen molar-refractivity contribution in [3.8, 4) is 0 Å². The van der Waals surface area contributed by atoms with E-state index in [0.717, 1.165) is 6.07 Å². The van der Waals surface area contributed by atoms with Crippen LogP contribution in [0.4, 0.5) is 17.6 Å². The minimum Gasteiger partial charge on any atom is -0.324 e. The van der Waals surface area contributed by atoms with E-state index in [9.17, 15) is 17.6 Å². The molecule has 5 heteroatoms. The van der Waals surface area contributed by atoms with Gasteiger partial charge in [-0.3, -0.25) is 0 Å². The highest BCUT2D eigenvalue weighted by Gasteiger charge is 2.27. The Hall–Kier alpha value is -1.10. The van der Waals surface area contributed by atoms with E-state index >= 15 is 0 Å². The number of benzene rings is 1. The molecule has 1 atom stereocenters. The lowest BCUT2D eigenvalue weighted by molar-refractivity contribution is -0.136. The first-order valence-electron chi connectivity index (χ1n) is 4.46. The molecular weight excluding hydrogens is 210 g/mol. The van der Waals surface area contributed by atoms with Crippen molar-refractivity contribution in [1.82, 2.24) is 0 Å². The predicted octanol–water partition coefficient (Wildman–Crippen LogP) is 3.17. The second-order valence-corrected chi connectivity index (χ2v) is 3.32. The SMILES string of the molecule is N[C@@H](CCC(F)(F)F)c1cccc(F)c1. The van der Waals surface area contributed by atoms with Gasteiger partial charge in [0.1, 0.15) is 5.82 Å². The highest BCUT2D eigenvalue weighted by molar-refractivity contribution is 5.19. The molecule has 0 aliphatic heterocycles. The summed E-state index contributed by atoms with van der Waals surface area (Å²) in [6.07, 6.45) is -5.40. The summed E-state index contributed by atoms with van der Waals surface area (Å²) in [6, 6.07) is 4.55. The zero-order valence-corrected chi connectivity index (χ0v) is 7.89. The van der Waals surface area contributed by atoms with Crippen LogP contribution in [0.3, 0.4) is 0 Å². The van der Waals surface area contributed by atoms with Crippen LogP contribution in [0, 0.1) is 5.82 Å². The Balaban J connectivity index is 2.58. The molecule has 0 unspecified atom stereocenters. The summed E-state index contributed by atoms with van der Waals surface area (Å²) >= 11 is 0. The van der Waals surface area contributed by atoms with Crippen molar-refractivity contribution in [3.05, 3.63) is 35.6 Å². The van der Waals surface area contributed by atoms with Gasteiger partial charge in [-0.25, -0.2) is 4.39 Å². The van der Waals surface area contributed by atoms with Gasteiger partial charge in [0.2, 0.25) is 0 Å². The molecule has 0 amide bonds. The van der Waals surface area contributed by atoms with E-state index in [1.807, 2.05) is 0 Å². The fourth-order valence-corrected chi connectivity index (χ4v) is 1.22. The molecule has 1 rings (SSSR count). The fraction of sp³-hybridized carbons (Fsp3) is 0.400. The number of halogens is 4. The minimum atomic E-state index is -4.22. The normalized spacial score (nSPS) is 13.9. The van der Waals surface area contributed by atoms with Crippen molar-refractivity contribution >= 4 is 0 Å². The number of rotatable bonds is 3. The van der Waals surface area contributed by atoms with E-state index in [1.54, 1.807) is 0 Å². The molecule has 1 aromatic carbocycles. The maximum absolute atomic E-state index is 12.7. The lowest BCUT2D eigenvalue weighted by Gasteiger charge is -2.13. The summed E-state index contributed by atoms with van der Waals surface area (Å²) in [5.41, 5.74) is 5.89. The number of alkyl halides is 3. The molecule has 1 nitrogen and oxygen atoms in total. The zero-order chi connectivity index (χ0) is 11.5. The third-order valence-corrected chi connectivity index (χ3v) is 2.02. The van der Waals surface area contributed by atoms with Crippen LogP contribution >= 0.6 is 0 Å². The van der Waals surface area contributed by atoms with Gasteiger partial charge in [0, 0.05) is 12.5 Å². The molecule has 84 valence electrons. The maximum Gasteiger partial charge on any atom is 0.389 e. The standard InChI is InChI=1S/C10H11F4N/c11-8-3-1-2-7(6-8)9(15)4-5-10(12,13)14/h1-3,6,9H,4-5,15H2/t9-/m0/s1. The molecule has 0 bridgehead atoms. The summed E-state index contributed by atoms with van der Waals surface area (Å²) in [5, 5.41) is 0. The number of hydrogen-bond donors (Lipinski definition) is 1. The zero-order valence-electron chi connectivity index (χ0n) is 7.89. The van der Waals surface area contributed by atoms with Crippen molar-refractivity contribution in [3.63, 3.8) is 0 Å². The molecule has 1 aromatic rings. The van der Waals surface area contributed by atoms with Gasteiger partial charge in [0.25, 0.3) is 0 Å². The van der Waals surface area contributed by atoms with Crippen molar-refractivity contribution in [2.24, 2.45) is 5.73 Å². The summed E-state index contributed by atoms with van der Waals surface area (Å²) in [7, 11) is 0. The van der Waals surface area contributed by atoms with E-state index in [2.05, 4.69) is 0 Å². The summed E-state index contributed by atoms with van der Waals surface area (Å²) in [5.74, 6) is -0.491. The van der Waals surface area contributed by atoms with Gasteiger partial charge in [0.15, 0.2) is 0 Å². The van der Waals surface area contributed by atoms with E-state index < -0.39 is 24.5 Å². The molecule has 0 saturated heterocycles. The molecule has 15 heavy (non-hydrogen) atoms. The quantitative estimate of drug-likeness (QED) is 0.779. The van der Waals surface area contributed by atoms with Crippen LogP contribution in [0.1, 0.15) is 24.4 Å². The monoisotopic (exact) mass is 221 g/mol. The number of nitrogens with two attached hydrogens (primary N) is 1. The summed E-state index contributed by atoms with van der Waals surface area (Å²) in [6.45, 7) is 0. The second kappa shape index (κ2) is 4.61. The first-order valence-corrected chi connectivity index (χ1v) is 4.46. The van der Waals surface area contributed by atoms with Crippen molar-refractivity contribution in [2.45, 2.75) is 25.1 Å². The number of hydrogen-bond acceptors (Lipinski definition) is 1. The maximum atomic E-state index is 12.7. The van der Waals surface area contributed by atoms with Crippen LogP contribution in [0.5, 0.6) is 0 Å². The predicted molar refractivity (Wildman–Crippen MR) is 48.6 cm³/mol. The van der Waals surface area contributed by atoms with E-state index in [1.165, 1.54) is 18.2 Å². The van der Waals surface area contributed by atoms with Gasteiger partial charge in [0.05, 0.1) is 0 Å². The van der Waals surface area contributed by atoms with Crippen molar-refractivity contribution in [1.29, 1.82) is 0 Å². The summed E-state index contributed by atoms with van der Waals surface area (Å²) < 4.78 is 48.4. The third-order valence-electron chi connectivity index (χ3n) is 2.02. The smallest absolute Gasteiger partial charge is 0.324 e. The van der Waals surface area contributed by atoms with Gasteiger partial charge >= 0.3 is 6.18 Å². The highest BCUT2D eigenvalue weighted by Crippen LogP contribution is 2.26. The Bertz CT molecular complexity index is 321. The van der Waals surface area contributed by atoms with Crippen molar-refractivity contribution in [2.75, 3.05) is 0 Å². The lowest BCUT2D eigenvalue weighted by atomic mass is 10.0. The molecule has 2 N–H and O–H groups in total. The second-order valence-electron chi connectivity index (χ2n) is 3.32. The van der Waals surface area contributed by atoms with Crippen molar-refractivity contribution < 1.29 is 17.6 Å². The van der Waals surface area contributed by atoms with Crippen LogP contribution in [0.25, 0.3) is 0 Å². The molecular formula is C10H11F4N. The minimum absolute atomic E-state index is 0.229. The first kappa shape index (κ1) is 12.0. The van der Waals surface area contributed by atoms with Crippen LogP contribution in [0.15, 0.2) is 24.3 Å².